The van der Waals surface area contributed by atoms with E-state index >= 15 is 0 Å². The van der Waals surface area contributed by atoms with Crippen molar-refractivity contribution in [1.29, 1.82) is 0 Å². The van der Waals surface area contributed by atoms with Crippen molar-refractivity contribution in [2.75, 3.05) is 0 Å². The molecule has 0 aliphatic heterocycles. The van der Waals surface area contributed by atoms with Crippen molar-refractivity contribution < 1.29 is 19.4 Å². The van der Waals surface area contributed by atoms with Crippen molar-refractivity contribution in [3.05, 3.63) is 53.1 Å². The molecule has 0 spiro atoms. The van der Waals surface area contributed by atoms with E-state index < -0.39 is 5.97 Å². The van der Waals surface area contributed by atoms with E-state index in [2.05, 4.69) is 13.8 Å². The van der Waals surface area contributed by atoms with Crippen molar-refractivity contribution in [2.24, 2.45) is 0 Å². The van der Waals surface area contributed by atoms with Gasteiger partial charge < -0.3 is 9.84 Å². The largest absolute Gasteiger partial charge is 0.478 e. The quantitative estimate of drug-likeness (QED) is 0.362. The van der Waals surface area contributed by atoms with Gasteiger partial charge in [0.05, 0.1) is 5.56 Å². The lowest BCUT2D eigenvalue weighted by Gasteiger charge is -2.19. The molecule has 0 amide bonds. The smallest absolute Gasteiger partial charge is 0.335 e. The fourth-order valence-corrected chi connectivity index (χ4v) is 3.59. The van der Waals surface area contributed by atoms with Crippen LogP contribution in [0.15, 0.2) is 36.4 Å². The molecule has 0 aliphatic rings. The van der Waals surface area contributed by atoms with Crippen molar-refractivity contribution in [1.82, 2.24) is 0 Å². The molecule has 0 radical (unpaired) electrons. The summed E-state index contributed by atoms with van der Waals surface area (Å²) in [6.07, 6.45) is 5.11. The number of hydrogen-bond donors (Lipinski definition) is 1. The Labute approximate surface area is 173 Å². The predicted molar refractivity (Wildman–Crippen MR) is 117 cm³/mol. The zero-order valence-corrected chi connectivity index (χ0v) is 18.0. The summed E-state index contributed by atoms with van der Waals surface area (Å²) in [7, 11) is 0. The van der Waals surface area contributed by atoms with Gasteiger partial charge in [0.1, 0.15) is 5.75 Å². The zero-order valence-electron chi connectivity index (χ0n) is 18.0. The minimum Gasteiger partial charge on any atom is -0.478 e. The van der Waals surface area contributed by atoms with Crippen LogP contribution in [-0.4, -0.2) is 17.0 Å². The average Bonchev–Trinajstić information content (AvgIpc) is 2.71. The van der Waals surface area contributed by atoms with Gasteiger partial charge in [-0.05, 0) is 65.6 Å². The lowest BCUT2D eigenvalue weighted by Crippen LogP contribution is -2.08. The summed E-state index contributed by atoms with van der Waals surface area (Å²) < 4.78 is 5.52. The molecule has 0 fully saturated rings. The molecular weight excluding hydrogens is 364 g/mol. The molecule has 2 aromatic rings. The number of aryl methyl sites for hydroxylation is 1. The highest BCUT2D eigenvalue weighted by Crippen LogP contribution is 2.35. The molecule has 1 N–H and O–H groups in total. The molecular formula is C25H32O4. The number of hydrogen-bond acceptors (Lipinski definition) is 3. The van der Waals surface area contributed by atoms with Gasteiger partial charge in [0.25, 0.3) is 0 Å². The highest BCUT2D eigenvalue weighted by molar-refractivity contribution is 5.90. The number of benzene rings is 2. The molecule has 0 unspecified atom stereocenters. The van der Waals surface area contributed by atoms with Crippen LogP contribution in [-0.2, 0) is 11.2 Å². The number of carbonyl (C=O) groups is 2. The second kappa shape index (κ2) is 10.8. The summed E-state index contributed by atoms with van der Waals surface area (Å²) in [6.45, 7) is 8.29. The van der Waals surface area contributed by atoms with Gasteiger partial charge in [-0.1, -0.05) is 58.7 Å². The third-order valence-electron chi connectivity index (χ3n) is 5.26. The molecule has 1 atom stereocenters. The van der Waals surface area contributed by atoms with Crippen LogP contribution in [0, 0.1) is 0 Å². The van der Waals surface area contributed by atoms with E-state index in [-0.39, 0.29) is 5.97 Å². The molecule has 4 heteroatoms. The van der Waals surface area contributed by atoms with Gasteiger partial charge in [-0.3, -0.25) is 4.79 Å². The molecule has 0 aliphatic carbocycles. The average molecular weight is 397 g/mol. The Bertz CT molecular complexity index is 854. The predicted octanol–water partition coefficient (Wildman–Crippen LogP) is 6.61. The van der Waals surface area contributed by atoms with Crippen molar-refractivity contribution >= 4 is 11.9 Å². The Kier molecular flexibility index (Phi) is 8.44. The van der Waals surface area contributed by atoms with Gasteiger partial charge in [0.2, 0.25) is 0 Å². The topological polar surface area (TPSA) is 63.6 Å². The Morgan fingerprint density at radius 2 is 1.79 bits per heavy atom. The van der Waals surface area contributed by atoms with Crippen LogP contribution in [0.1, 0.15) is 87.2 Å². The summed E-state index contributed by atoms with van der Waals surface area (Å²) in [5.74, 6) is -0.239. The van der Waals surface area contributed by atoms with E-state index in [1.165, 1.54) is 0 Å². The van der Waals surface area contributed by atoms with Crippen molar-refractivity contribution in [3.8, 4) is 16.9 Å². The monoisotopic (exact) mass is 396 g/mol. The normalized spacial score (nSPS) is 11.9. The first-order valence-electron chi connectivity index (χ1n) is 10.6. The molecule has 29 heavy (non-hydrogen) atoms. The Hall–Kier alpha value is -2.62. The third-order valence-corrected chi connectivity index (χ3v) is 5.26. The second-order valence-corrected chi connectivity index (χ2v) is 7.55. The van der Waals surface area contributed by atoms with Crippen molar-refractivity contribution in [2.45, 2.75) is 72.1 Å². The summed E-state index contributed by atoms with van der Waals surface area (Å²) in [5.41, 5.74) is 4.36. The van der Waals surface area contributed by atoms with Gasteiger partial charge in [0.15, 0.2) is 0 Å². The molecule has 2 rings (SSSR count). The molecule has 0 heterocycles. The van der Waals surface area contributed by atoms with E-state index in [4.69, 9.17) is 4.74 Å². The number of carboxylic acid groups (broad SMARTS) is 1. The van der Waals surface area contributed by atoms with E-state index in [0.29, 0.717) is 30.1 Å². The van der Waals surface area contributed by atoms with Crippen LogP contribution >= 0.6 is 0 Å². The zero-order chi connectivity index (χ0) is 21.4. The molecule has 0 aromatic heterocycles. The first-order valence-corrected chi connectivity index (χ1v) is 10.6. The number of rotatable bonds is 10. The number of carboxylic acids is 1. The van der Waals surface area contributed by atoms with Crippen molar-refractivity contribution in [3.63, 3.8) is 0 Å². The van der Waals surface area contributed by atoms with E-state index in [1.807, 2.05) is 44.2 Å². The summed E-state index contributed by atoms with van der Waals surface area (Å²) in [6, 6.07) is 11.3. The van der Waals surface area contributed by atoms with Crippen LogP contribution in [0.5, 0.6) is 5.75 Å². The van der Waals surface area contributed by atoms with Gasteiger partial charge >= 0.3 is 11.9 Å². The fourth-order valence-electron chi connectivity index (χ4n) is 3.59. The van der Waals surface area contributed by atoms with E-state index in [9.17, 15) is 14.7 Å². The SMILES string of the molecule is CCCC[C@@H](C)c1cc(OC(=O)CCC)ccc1-c1ccc(C(=O)O)c(CC)c1. The fraction of sp³-hybridized carbons (Fsp3) is 0.440. The lowest BCUT2D eigenvalue weighted by atomic mass is 9.87. The van der Waals surface area contributed by atoms with Gasteiger partial charge in [-0.15, -0.1) is 0 Å². The van der Waals surface area contributed by atoms with Crippen LogP contribution in [0.3, 0.4) is 0 Å². The number of esters is 1. The Morgan fingerprint density at radius 1 is 1.03 bits per heavy atom. The van der Waals surface area contributed by atoms with Gasteiger partial charge in [-0.2, -0.15) is 0 Å². The number of carbonyl (C=O) groups excluding carboxylic acids is 1. The minimum atomic E-state index is -0.900. The third kappa shape index (κ3) is 5.93. The standard InChI is InChI=1S/C25H32O4/c1-5-8-10-17(4)23-16-20(29-24(26)9-6-2)12-14-21(23)19-11-13-22(25(27)28)18(7-3)15-19/h11-17H,5-10H2,1-4H3,(H,27,28)/t17-/m1/s1. The summed E-state index contributed by atoms with van der Waals surface area (Å²) >= 11 is 0. The lowest BCUT2D eigenvalue weighted by molar-refractivity contribution is -0.134. The highest BCUT2D eigenvalue weighted by Gasteiger charge is 2.17. The van der Waals surface area contributed by atoms with Gasteiger partial charge in [-0.25, -0.2) is 4.79 Å². The second-order valence-electron chi connectivity index (χ2n) is 7.55. The Balaban J connectivity index is 2.49. The number of ether oxygens (including phenoxy) is 1. The molecule has 2 aromatic carbocycles. The highest BCUT2D eigenvalue weighted by atomic mass is 16.5. The number of aromatic carboxylic acids is 1. The van der Waals surface area contributed by atoms with Gasteiger partial charge in [0, 0.05) is 6.42 Å². The molecule has 0 bridgehead atoms. The minimum absolute atomic E-state index is 0.216. The molecule has 156 valence electrons. The first-order chi connectivity index (χ1) is 13.9. The van der Waals surface area contributed by atoms with Crippen LogP contribution < -0.4 is 4.74 Å². The summed E-state index contributed by atoms with van der Waals surface area (Å²) in [4.78, 5) is 23.4. The van der Waals surface area contributed by atoms with Crippen LogP contribution in [0.2, 0.25) is 0 Å². The molecule has 4 nitrogen and oxygen atoms in total. The van der Waals surface area contributed by atoms with E-state index in [0.717, 1.165) is 47.9 Å². The molecule has 0 saturated carbocycles. The molecule has 0 saturated heterocycles. The summed E-state index contributed by atoms with van der Waals surface area (Å²) in [5, 5.41) is 9.41. The van der Waals surface area contributed by atoms with Crippen LogP contribution in [0.4, 0.5) is 0 Å². The number of unbranched alkanes of at least 4 members (excludes halogenated alkanes) is 1. The maximum atomic E-state index is 11.9. The van der Waals surface area contributed by atoms with Crippen LogP contribution in [0.25, 0.3) is 11.1 Å². The van der Waals surface area contributed by atoms with E-state index in [1.54, 1.807) is 6.07 Å². The maximum absolute atomic E-state index is 11.9. The first kappa shape index (κ1) is 22.7. The Morgan fingerprint density at radius 3 is 2.41 bits per heavy atom. The maximum Gasteiger partial charge on any atom is 0.335 e.